The second kappa shape index (κ2) is 5.48. The van der Waals surface area contributed by atoms with Crippen LogP contribution in [0.2, 0.25) is 0 Å². The van der Waals surface area contributed by atoms with Crippen molar-refractivity contribution in [3.63, 3.8) is 0 Å². The number of carbonyl (C=O) groups excluding carboxylic acids is 1. The van der Waals surface area contributed by atoms with Gasteiger partial charge in [0.25, 0.3) is 5.91 Å². The summed E-state index contributed by atoms with van der Waals surface area (Å²) in [7, 11) is 0. The number of nitrogens with zero attached hydrogens (tertiary/aromatic N) is 2. The average Bonchev–Trinajstić information content (AvgIpc) is 3.20. The van der Waals surface area contributed by atoms with Gasteiger partial charge in [0.2, 0.25) is 0 Å². The van der Waals surface area contributed by atoms with Crippen LogP contribution >= 0.6 is 11.3 Å². The van der Waals surface area contributed by atoms with Crippen LogP contribution in [0.1, 0.15) is 34.3 Å². The molecule has 20 heavy (non-hydrogen) atoms. The molecule has 1 aromatic carbocycles. The Balaban J connectivity index is 1.83. The summed E-state index contributed by atoms with van der Waals surface area (Å²) in [5.74, 6) is 0.0239. The van der Waals surface area contributed by atoms with Gasteiger partial charge in [-0.15, -0.1) is 0 Å². The van der Waals surface area contributed by atoms with Gasteiger partial charge in [-0.05, 0) is 53.4 Å². The van der Waals surface area contributed by atoms with Gasteiger partial charge in [0, 0.05) is 18.2 Å². The highest BCUT2D eigenvalue weighted by molar-refractivity contribution is 7.07. The van der Waals surface area contributed by atoms with Crippen LogP contribution in [0.15, 0.2) is 41.1 Å². The van der Waals surface area contributed by atoms with Crippen molar-refractivity contribution in [3.8, 4) is 6.07 Å². The van der Waals surface area contributed by atoms with E-state index in [1.54, 1.807) is 35.6 Å². The molecule has 1 aliphatic rings. The molecule has 3 rings (SSSR count). The molecule has 1 aliphatic carbocycles. The molecule has 0 saturated heterocycles. The van der Waals surface area contributed by atoms with Crippen LogP contribution in [0.4, 0.5) is 0 Å². The lowest BCUT2D eigenvalue weighted by Crippen LogP contribution is -2.32. The standard InChI is InChI=1S/C16H14N2OS/c17-9-12-2-1-3-14(8-12)16(19)18(15-4-5-15)10-13-6-7-20-11-13/h1-3,6-8,11,15H,4-5,10H2. The van der Waals surface area contributed by atoms with Crippen molar-refractivity contribution in [1.29, 1.82) is 5.26 Å². The van der Waals surface area contributed by atoms with Gasteiger partial charge >= 0.3 is 0 Å². The van der Waals surface area contributed by atoms with Gasteiger partial charge in [-0.1, -0.05) is 6.07 Å². The second-order valence-electron chi connectivity index (χ2n) is 4.99. The first-order valence-electron chi connectivity index (χ1n) is 6.60. The predicted molar refractivity (Wildman–Crippen MR) is 78.4 cm³/mol. The zero-order valence-electron chi connectivity index (χ0n) is 11.0. The Bertz CT molecular complexity index is 653. The summed E-state index contributed by atoms with van der Waals surface area (Å²) < 4.78 is 0. The van der Waals surface area contributed by atoms with E-state index in [1.807, 2.05) is 10.3 Å². The lowest BCUT2D eigenvalue weighted by molar-refractivity contribution is 0.0730. The molecule has 3 nitrogen and oxygen atoms in total. The van der Waals surface area contributed by atoms with E-state index in [4.69, 9.17) is 5.26 Å². The Morgan fingerprint density at radius 3 is 2.90 bits per heavy atom. The second-order valence-corrected chi connectivity index (χ2v) is 5.77. The minimum atomic E-state index is 0.0239. The van der Waals surface area contributed by atoms with Gasteiger partial charge < -0.3 is 4.90 Å². The Hall–Kier alpha value is -2.12. The van der Waals surface area contributed by atoms with Crippen LogP contribution in [0.5, 0.6) is 0 Å². The fourth-order valence-corrected chi connectivity index (χ4v) is 2.88. The number of hydrogen-bond donors (Lipinski definition) is 0. The molecule has 0 radical (unpaired) electrons. The molecule has 0 N–H and O–H groups in total. The fourth-order valence-electron chi connectivity index (χ4n) is 2.22. The zero-order chi connectivity index (χ0) is 13.9. The lowest BCUT2D eigenvalue weighted by Gasteiger charge is -2.22. The van der Waals surface area contributed by atoms with Gasteiger partial charge in [-0.2, -0.15) is 16.6 Å². The molecule has 0 bridgehead atoms. The van der Waals surface area contributed by atoms with Crippen molar-refractivity contribution < 1.29 is 4.79 Å². The summed E-state index contributed by atoms with van der Waals surface area (Å²) in [6, 6.07) is 11.4. The van der Waals surface area contributed by atoms with E-state index in [0.717, 1.165) is 12.8 Å². The zero-order valence-corrected chi connectivity index (χ0v) is 11.8. The molecule has 0 aliphatic heterocycles. The summed E-state index contributed by atoms with van der Waals surface area (Å²) in [5.41, 5.74) is 2.31. The van der Waals surface area contributed by atoms with E-state index < -0.39 is 0 Å². The van der Waals surface area contributed by atoms with Crippen LogP contribution in [0.25, 0.3) is 0 Å². The van der Waals surface area contributed by atoms with Crippen molar-refractivity contribution in [2.24, 2.45) is 0 Å². The molecule has 1 aromatic heterocycles. The van der Waals surface area contributed by atoms with Gasteiger partial charge in [0.1, 0.15) is 0 Å². The molecule has 1 saturated carbocycles. The molecule has 0 spiro atoms. The molecule has 2 aromatic rings. The summed E-state index contributed by atoms with van der Waals surface area (Å²) >= 11 is 1.65. The van der Waals surface area contributed by atoms with Crippen molar-refractivity contribution >= 4 is 17.2 Å². The largest absolute Gasteiger partial charge is 0.331 e. The number of nitriles is 1. The minimum absolute atomic E-state index is 0.0239. The van der Waals surface area contributed by atoms with E-state index in [2.05, 4.69) is 17.5 Å². The van der Waals surface area contributed by atoms with Crippen LogP contribution < -0.4 is 0 Å². The van der Waals surface area contributed by atoms with E-state index in [1.165, 1.54) is 5.56 Å². The van der Waals surface area contributed by atoms with Gasteiger partial charge in [-0.3, -0.25) is 4.79 Å². The smallest absolute Gasteiger partial charge is 0.254 e. The maximum absolute atomic E-state index is 12.6. The van der Waals surface area contributed by atoms with Crippen molar-refractivity contribution in [3.05, 3.63) is 57.8 Å². The first-order valence-corrected chi connectivity index (χ1v) is 7.54. The SMILES string of the molecule is N#Cc1cccc(C(=O)N(Cc2ccsc2)C2CC2)c1. The minimum Gasteiger partial charge on any atom is -0.331 e. The summed E-state index contributed by atoms with van der Waals surface area (Å²) in [5, 5.41) is 13.0. The maximum atomic E-state index is 12.6. The van der Waals surface area contributed by atoms with Crippen LogP contribution in [-0.4, -0.2) is 16.8 Å². The Morgan fingerprint density at radius 2 is 2.25 bits per heavy atom. The van der Waals surface area contributed by atoms with Gasteiger partial charge in [0.15, 0.2) is 0 Å². The van der Waals surface area contributed by atoms with Crippen LogP contribution in [0.3, 0.4) is 0 Å². The summed E-state index contributed by atoms with van der Waals surface area (Å²) in [6.07, 6.45) is 2.15. The van der Waals surface area contributed by atoms with E-state index >= 15 is 0 Å². The number of hydrogen-bond acceptors (Lipinski definition) is 3. The monoisotopic (exact) mass is 282 g/mol. The molecule has 4 heteroatoms. The normalized spacial score (nSPS) is 13.8. The topological polar surface area (TPSA) is 44.1 Å². The third kappa shape index (κ3) is 2.73. The highest BCUT2D eigenvalue weighted by Gasteiger charge is 2.33. The number of thiophene rings is 1. The third-order valence-electron chi connectivity index (χ3n) is 3.42. The Labute approximate surface area is 122 Å². The summed E-state index contributed by atoms with van der Waals surface area (Å²) in [6.45, 7) is 0.657. The number of rotatable bonds is 4. The first-order chi connectivity index (χ1) is 9.78. The molecule has 0 unspecified atom stereocenters. The molecule has 0 atom stereocenters. The van der Waals surface area contributed by atoms with E-state index in [0.29, 0.717) is 23.7 Å². The molecule has 1 fully saturated rings. The number of benzene rings is 1. The maximum Gasteiger partial charge on any atom is 0.254 e. The Morgan fingerprint density at radius 1 is 1.40 bits per heavy atom. The van der Waals surface area contributed by atoms with E-state index in [9.17, 15) is 4.79 Å². The first kappa shape index (κ1) is 12.9. The van der Waals surface area contributed by atoms with Crippen molar-refractivity contribution in [2.75, 3.05) is 0 Å². The quantitative estimate of drug-likeness (QED) is 0.862. The summed E-state index contributed by atoms with van der Waals surface area (Å²) in [4.78, 5) is 14.6. The molecule has 100 valence electrons. The molecule has 1 amide bonds. The molecular weight excluding hydrogens is 268 g/mol. The highest BCUT2D eigenvalue weighted by Crippen LogP contribution is 2.30. The average molecular weight is 282 g/mol. The molecule has 1 heterocycles. The fraction of sp³-hybridized carbons (Fsp3) is 0.250. The number of carbonyl (C=O) groups is 1. The number of amides is 1. The van der Waals surface area contributed by atoms with Crippen molar-refractivity contribution in [2.45, 2.75) is 25.4 Å². The van der Waals surface area contributed by atoms with E-state index in [-0.39, 0.29) is 5.91 Å². The van der Waals surface area contributed by atoms with Gasteiger partial charge in [-0.25, -0.2) is 0 Å². The van der Waals surface area contributed by atoms with Crippen molar-refractivity contribution in [1.82, 2.24) is 4.90 Å². The van der Waals surface area contributed by atoms with Crippen LogP contribution in [-0.2, 0) is 6.54 Å². The third-order valence-corrected chi connectivity index (χ3v) is 4.15. The Kier molecular flexibility index (Phi) is 3.53. The predicted octanol–water partition coefficient (Wildman–Crippen LogP) is 3.42. The van der Waals surface area contributed by atoms with Crippen LogP contribution in [0, 0.1) is 11.3 Å². The van der Waals surface area contributed by atoms with Gasteiger partial charge in [0.05, 0.1) is 11.6 Å². The molecular formula is C16H14N2OS. The highest BCUT2D eigenvalue weighted by atomic mass is 32.1. The lowest BCUT2D eigenvalue weighted by atomic mass is 10.1.